The van der Waals surface area contributed by atoms with Crippen LogP contribution in [0.25, 0.3) is 0 Å². The highest BCUT2D eigenvalue weighted by atomic mass is 32.2. The largest absolute Gasteiger partial charge is 0.394 e. The Labute approximate surface area is 105 Å². The Balaban J connectivity index is 2.47. The van der Waals surface area contributed by atoms with E-state index in [0.29, 0.717) is 17.8 Å². The van der Waals surface area contributed by atoms with E-state index in [0.717, 1.165) is 18.7 Å². The molecule has 0 bridgehead atoms. The van der Waals surface area contributed by atoms with Gasteiger partial charge in [0.25, 0.3) is 0 Å². The molecule has 1 saturated carbocycles. The fourth-order valence-corrected chi connectivity index (χ4v) is 3.21. The maximum atomic E-state index is 9.72. The van der Waals surface area contributed by atoms with Crippen LogP contribution < -0.4 is 5.32 Å². The quantitative estimate of drug-likeness (QED) is 0.655. The van der Waals surface area contributed by atoms with Crippen LogP contribution in [0.15, 0.2) is 0 Å². The van der Waals surface area contributed by atoms with E-state index in [1.807, 2.05) is 11.8 Å². The lowest BCUT2D eigenvalue weighted by Crippen LogP contribution is -2.53. The predicted octanol–water partition coefficient (Wildman–Crippen LogP) is 2.66. The van der Waals surface area contributed by atoms with Crippen molar-refractivity contribution in [3.8, 4) is 0 Å². The lowest BCUT2D eigenvalue weighted by Gasteiger charge is -2.34. The molecule has 0 radical (unpaired) electrons. The summed E-state index contributed by atoms with van der Waals surface area (Å²) in [5.41, 5.74) is 0.00407. The van der Waals surface area contributed by atoms with Crippen molar-refractivity contribution in [2.45, 2.75) is 57.2 Å². The number of hydrogen-bond donors (Lipinski definition) is 2. The van der Waals surface area contributed by atoms with Crippen LogP contribution in [0, 0.1) is 5.92 Å². The molecule has 2 N–H and O–H groups in total. The van der Waals surface area contributed by atoms with Crippen LogP contribution in [0.3, 0.4) is 0 Å². The number of nitrogens with one attached hydrogen (secondary N) is 1. The van der Waals surface area contributed by atoms with E-state index in [1.54, 1.807) is 0 Å². The Morgan fingerprint density at radius 1 is 1.44 bits per heavy atom. The Bertz CT molecular complexity index is 196. The molecular formula is C13H27NOS. The van der Waals surface area contributed by atoms with E-state index in [9.17, 15) is 5.11 Å². The number of thioether (sulfide) groups is 1. The van der Waals surface area contributed by atoms with E-state index >= 15 is 0 Å². The third-order valence-corrected chi connectivity index (χ3v) is 5.15. The molecular weight excluding hydrogens is 218 g/mol. The van der Waals surface area contributed by atoms with Gasteiger partial charge in [0.15, 0.2) is 0 Å². The molecule has 0 aromatic carbocycles. The fourth-order valence-electron chi connectivity index (χ4n) is 1.96. The minimum absolute atomic E-state index is 0.00407. The van der Waals surface area contributed by atoms with Crippen molar-refractivity contribution in [3.63, 3.8) is 0 Å². The van der Waals surface area contributed by atoms with Crippen LogP contribution in [0.4, 0.5) is 0 Å². The number of aliphatic hydroxyl groups is 1. The highest BCUT2D eigenvalue weighted by Gasteiger charge is 2.44. The van der Waals surface area contributed by atoms with Crippen LogP contribution in [0.5, 0.6) is 0 Å². The van der Waals surface area contributed by atoms with Gasteiger partial charge in [0, 0.05) is 11.0 Å². The highest BCUT2D eigenvalue weighted by molar-refractivity contribution is 7.99. The second-order valence-electron chi connectivity index (χ2n) is 5.05. The summed E-state index contributed by atoms with van der Waals surface area (Å²) in [6.07, 6.45) is 4.93. The molecule has 16 heavy (non-hydrogen) atoms. The molecule has 1 aliphatic carbocycles. The van der Waals surface area contributed by atoms with Crippen molar-refractivity contribution in [1.82, 2.24) is 5.32 Å². The second-order valence-corrected chi connectivity index (χ2v) is 6.47. The summed E-state index contributed by atoms with van der Waals surface area (Å²) in [7, 11) is 0. The zero-order valence-corrected chi connectivity index (χ0v) is 11.8. The average molecular weight is 245 g/mol. The lowest BCUT2D eigenvalue weighted by molar-refractivity contribution is 0.159. The number of aliphatic hydroxyl groups excluding tert-OH is 1. The molecule has 2 unspecified atom stereocenters. The minimum Gasteiger partial charge on any atom is -0.394 e. The third kappa shape index (κ3) is 3.94. The summed E-state index contributed by atoms with van der Waals surface area (Å²) in [6.45, 7) is 8.01. The topological polar surface area (TPSA) is 32.3 Å². The predicted molar refractivity (Wildman–Crippen MR) is 73.0 cm³/mol. The zero-order chi connectivity index (χ0) is 12.0. The summed E-state index contributed by atoms with van der Waals surface area (Å²) >= 11 is 2.00. The first-order chi connectivity index (χ1) is 7.68. The molecule has 0 amide bonds. The maximum absolute atomic E-state index is 9.72. The van der Waals surface area contributed by atoms with Gasteiger partial charge in [-0.05, 0) is 38.1 Å². The van der Waals surface area contributed by atoms with Crippen LogP contribution in [-0.4, -0.2) is 34.8 Å². The van der Waals surface area contributed by atoms with Gasteiger partial charge >= 0.3 is 0 Å². The molecule has 1 fully saturated rings. The van der Waals surface area contributed by atoms with E-state index in [-0.39, 0.29) is 5.54 Å². The molecule has 0 aliphatic heterocycles. The minimum atomic E-state index is 0.00407. The fraction of sp³-hybridized carbons (Fsp3) is 1.00. The molecule has 2 atom stereocenters. The van der Waals surface area contributed by atoms with Crippen LogP contribution in [0.1, 0.15) is 46.5 Å². The van der Waals surface area contributed by atoms with Gasteiger partial charge in [-0.3, -0.25) is 0 Å². The SMILES string of the molecule is CCCNC(CO)(CSC(C)CC)C1CC1. The van der Waals surface area contributed by atoms with Gasteiger partial charge in [-0.2, -0.15) is 11.8 Å². The summed E-state index contributed by atoms with van der Waals surface area (Å²) < 4.78 is 0. The summed E-state index contributed by atoms with van der Waals surface area (Å²) in [4.78, 5) is 0. The number of hydrogen-bond acceptors (Lipinski definition) is 3. The molecule has 0 spiro atoms. The Hall–Kier alpha value is 0.270. The number of rotatable bonds is 9. The maximum Gasteiger partial charge on any atom is 0.0624 e. The van der Waals surface area contributed by atoms with Crippen molar-refractivity contribution < 1.29 is 5.11 Å². The standard InChI is InChI=1S/C13H27NOS/c1-4-8-14-13(9-15,12-6-7-12)10-16-11(3)5-2/h11-12,14-15H,4-10H2,1-3H3. The molecule has 0 aromatic rings. The van der Waals surface area contributed by atoms with Crippen LogP contribution >= 0.6 is 11.8 Å². The lowest BCUT2D eigenvalue weighted by atomic mass is 9.96. The Morgan fingerprint density at radius 2 is 2.12 bits per heavy atom. The van der Waals surface area contributed by atoms with E-state index < -0.39 is 0 Å². The second kappa shape index (κ2) is 6.87. The Morgan fingerprint density at radius 3 is 2.56 bits per heavy atom. The van der Waals surface area contributed by atoms with Gasteiger partial charge in [0.1, 0.15) is 0 Å². The summed E-state index contributed by atoms with van der Waals surface area (Å²) in [5.74, 6) is 1.77. The van der Waals surface area contributed by atoms with Gasteiger partial charge in [-0.1, -0.05) is 20.8 Å². The zero-order valence-electron chi connectivity index (χ0n) is 11.0. The van der Waals surface area contributed by atoms with E-state index in [1.165, 1.54) is 19.3 Å². The van der Waals surface area contributed by atoms with Crippen molar-refractivity contribution in [2.75, 3.05) is 18.9 Å². The van der Waals surface area contributed by atoms with Gasteiger partial charge < -0.3 is 10.4 Å². The highest BCUT2D eigenvalue weighted by Crippen LogP contribution is 2.41. The molecule has 0 saturated heterocycles. The first kappa shape index (κ1) is 14.3. The average Bonchev–Trinajstić information content (AvgIpc) is 3.14. The van der Waals surface area contributed by atoms with E-state index in [2.05, 4.69) is 26.1 Å². The normalized spacial score (nSPS) is 21.8. The summed E-state index contributed by atoms with van der Waals surface area (Å²) in [6, 6.07) is 0. The monoisotopic (exact) mass is 245 g/mol. The molecule has 1 aliphatic rings. The first-order valence-electron chi connectivity index (χ1n) is 6.66. The first-order valence-corrected chi connectivity index (χ1v) is 7.71. The van der Waals surface area contributed by atoms with Gasteiger partial charge in [-0.25, -0.2) is 0 Å². The van der Waals surface area contributed by atoms with Gasteiger partial charge in [0.2, 0.25) is 0 Å². The van der Waals surface area contributed by atoms with E-state index in [4.69, 9.17) is 0 Å². The molecule has 2 nitrogen and oxygen atoms in total. The third-order valence-electron chi connectivity index (χ3n) is 3.57. The molecule has 0 heterocycles. The van der Waals surface area contributed by atoms with Crippen molar-refractivity contribution in [3.05, 3.63) is 0 Å². The van der Waals surface area contributed by atoms with Gasteiger partial charge in [0.05, 0.1) is 12.1 Å². The molecule has 3 heteroatoms. The molecule has 1 rings (SSSR count). The molecule has 96 valence electrons. The summed E-state index contributed by atoms with van der Waals surface area (Å²) in [5, 5.41) is 14.0. The smallest absolute Gasteiger partial charge is 0.0624 e. The van der Waals surface area contributed by atoms with Crippen molar-refractivity contribution in [1.29, 1.82) is 0 Å². The van der Waals surface area contributed by atoms with Crippen molar-refractivity contribution >= 4 is 11.8 Å². The van der Waals surface area contributed by atoms with Crippen LogP contribution in [0.2, 0.25) is 0 Å². The van der Waals surface area contributed by atoms with Crippen molar-refractivity contribution in [2.24, 2.45) is 5.92 Å². The van der Waals surface area contributed by atoms with Crippen LogP contribution in [-0.2, 0) is 0 Å². The van der Waals surface area contributed by atoms with Gasteiger partial charge in [-0.15, -0.1) is 0 Å². The Kier molecular flexibility index (Phi) is 6.16. The molecule has 0 aromatic heterocycles.